The van der Waals surface area contributed by atoms with Crippen molar-refractivity contribution < 1.29 is 13.3 Å². The van der Waals surface area contributed by atoms with Crippen LogP contribution in [-0.2, 0) is 9.84 Å². The Kier molecular flexibility index (Phi) is 4.52. The second-order valence-electron chi connectivity index (χ2n) is 4.41. The van der Waals surface area contributed by atoms with Gasteiger partial charge in [0.05, 0.1) is 27.3 Å². The third kappa shape index (κ3) is 3.86. The molecule has 0 atom stereocenters. The summed E-state index contributed by atoms with van der Waals surface area (Å²) >= 11 is 1.35. The lowest BCUT2D eigenvalue weighted by molar-refractivity contribution is -0.385. The van der Waals surface area contributed by atoms with Gasteiger partial charge in [-0.15, -0.1) is 11.3 Å². The average Bonchev–Trinajstić information content (AvgIpc) is 2.83. The molecule has 0 amide bonds. The van der Waals surface area contributed by atoms with Gasteiger partial charge in [0.2, 0.25) is 5.13 Å². The van der Waals surface area contributed by atoms with Crippen LogP contribution in [0.1, 0.15) is 11.3 Å². The number of aromatic nitrogens is 1. The van der Waals surface area contributed by atoms with E-state index < -0.39 is 14.8 Å². The number of rotatable bonds is 5. The van der Waals surface area contributed by atoms with Gasteiger partial charge in [-0.05, 0) is 19.1 Å². The first kappa shape index (κ1) is 16.0. The second kappa shape index (κ2) is 6.20. The number of nitrogens with zero attached hydrogens (tertiary/aromatic N) is 3. The van der Waals surface area contributed by atoms with Gasteiger partial charge in [0, 0.05) is 17.7 Å². The zero-order valence-electron chi connectivity index (χ0n) is 11.7. The highest BCUT2D eigenvalue weighted by atomic mass is 32.2. The zero-order chi connectivity index (χ0) is 16.3. The Morgan fingerprint density at radius 3 is 2.73 bits per heavy atom. The Morgan fingerprint density at radius 2 is 2.18 bits per heavy atom. The molecule has 1 aromatic carbocycles. The van der Waals surface area contributed by atoms with Crippen molar-refractivity contribution in [3.8, 4) is 0 Å². The van der Waals surface area contributed by atoms with Crippen molar-refractivity contribution in [2.24, 2.45) is 5.10 Å². The van der Waals surface area contributed by atoms with E-state index in [1.807, 2.05) is 12.3 Å². The maximum absolute atomic E-state index is 11.4. The molecule has 0 aliphatic rings. The van der Waals surface area contributed by atoms with E-state index in [2.05, 4.69) is 15.5 Å². The molecule has 2 rings (SSSR count). The van der Waals surface area contributed by atoms with Gasteiger partial charge in [-0.3, -0.25) is 15.5 Å². The SMILES string of the molecule is Cc1csc(NN=Cc2ccc(S(C)(=O)=O)cc2[N+](=O)[O-])n1. The highest BCUT2D eigenvalue weighted by molar-refractivity contribution is 7.90. The van der Waals surface area contributed by atoms with Crippen LogP contribution in [-0.4, -0.2) is 30.8 Å². The van der Waals surface area contributed by atoms with E-state index in [-0.39, 0.29) is 16.1 Å². The fourth-order valence-electron chi connectivity index (χ4n) is 1.58. The van der Waals surface area contributed by atoms with Crippen molar-refractivity contribution in [1.29, 1.82) is 0 Å². The molecule has 0 aliphatic carbocycles. The predicted octanol–water partition coefficient (Wildman–Crippen LogP) is 2.21. The molecule has 2 aromatic rings. The third-order valence-corrected chi connectivity index (χ3v) is 4.58. The highest BCUT2D eigenvalue weighted by Gasteiger charge is 2.17. The smallest absolute Gasteiger partial charge is 0.258 e. The molecular weight excluding hydrogens is 328 g/mol. The molecule has 0 bridgehead atoms. The van der Waals surface area contributed by atoms with Gasteiger partial charge in [-0.2, -0.15) is 5.10 Å². The van der Waals surface area contributed by atoms with E-state index in [0.29, 0.717) is 5.13 Å². The molecule has 0 saturated carbocycles. The number of nitro groups is 1. The molecule has 1 heterocycles. The molecule has 0 unspecified atom stereocenters. The number of hydrazone groups is 1. The van der Waals surface area contributed by atoms with Gasteiger partial charge in [0.1, 0.15) is 0 Å². The van der Waals surface area contributed by atoms with Crippen LogP contribution in [0.15, 0.2) is 33.6 Å². The van der Waals surface area contributed by atoms with E-state index in [1.54, 1.807) is 0 Å². The Balaban J connectivity index is 2.28. The van der Waals surface area contributed by atoms with Crippen molar-refractivity contribution in [3.63, 3.8) is 0 Å². The van der Waals surface area contributed by atoms with E-state index in [1.165, 1.54) is 29.7 Å². The standard InChI is InChI=1S/C12H12N4O4S2/c1-8-7-21-12(14-8)15-13-6-9-3-4-10(22(2,19)20)5-11(9)16(17)18/h3-7H,1-2H3,(H,14,15). The van der Waals surface area contributed by atoms with Crippen molar-refractivity contribution in [2.45, 2.75) is 11.8 Å². The number of benzene rings is 1. The number of nitrogens with one attached hydrogen (secondary N) is 1. The molecule has 0 spiro atoms. The Hall–Kier alpha value is -2.33. The van der Waals surface area contributed by atoms with Gasteiger partial charge in [-0.1, -0.05) is 0 Å². The highest BCUT2D eigenvalue weighted by Crippen LogP contribution is 2.22. The molecule has 10 heteroatoms. The number of nitro benzene ring substituents is 1. The number of thiazole rings is 1. The Bertz CT molecular complexity index is 843. The minimum Gasteiger partial charge on any atom is -0.258 e. The first-order chi connectivity index (χ1) is 10.3. The Labute approximate surface area is 130 Å². The lowest BCUT2D eigenvalue weighted by atomic mass is 10.2. The van der Waals surface area contributed by atoms with Crippen LogP contribution in [0.4, 0.5) is 10.8 Å². The van der Waals surface area contributed by atoms with E-state index in [0.717, 1.165) is 18.0 Å². The fraction of sp³-hybridized carbons (Fsp3) is 0.167. The fourth-order valence-corrected chi connectivity index (χ4v) is 2.86. The van der Waals surface area contributed by atoms with Gasteiger partial charge in [0.15, 0.2) is 9.84 Å². The summed E-state index contributed by atoms with van der Waals surface area (Å²) < 4.78 is 22.9. The van der Waals surface area contributed by atoms with Gasteiger partial charge in [-0.25, -0.2) is 13.4 Å². The normalized spacial score (nSPS) is 11.7. The quantitative estimate of drug-likeness (QED) is 0.507. The minimum absolute atomic E-state index is 0.111. The van der Waals surface area contributed by atoms with Crippen molar-refractivity contribution >= 4 is 38.2 Å². The van der Waals surface area contributed by atoms with Crippen LogP contribution < -0.4 is 5.43 Å². The molecule has 1 N–H and O–H groups in total. The van der Waals surface area contributed by atoms with Gasteiger partial charge < -0.3 is 0 Å². The third-order valence-electron chi connectivity index (χ3n) is 2.61. The summed E-state index contributed by atoms with van der Waals surface area (Å²) in [6, 6.07) is 3.66. The van der Waals surface area contributed by atoms with Crippen molar-refractivity contribution in [2.75, 3.05) is 11.7 Å². The van der Waals surface area contributed by atoms with Gasteiger partial charge >= 0.3 is 0 Å². The van der Waals surface area contributed by atoms with Crippen LogP contribution in [0.3, 0.4) is 0 Å². The van der Waals surface area contributed by atoms with E-state index >= 15 is 0 Å². The van der Waals surface area contributed by atoms with Crippen LogP contribution in [0.2, 0.25) is 0 Å². The lowest BCUT2D eigenvalue weighted by Crippen LogP contribution is -2.02. The van der Waals surface area contributed by atoms with E-state index in [9.17, 15) is 18.5 Å². The molecule has 116 valence electrons. The average molecular weight is 340 g/mol. The summed E-state index contributed by atoms with van der Waals surface area (Å²) in [4.78, 5) is 14.4. The summed E-state index contributed by atoms with van der Waals surface area (Å²) in [5.41, 5.74) is 3.36. The maximum Gasteiger partial charge on any atom is 0.279 e. The van der Waals surface area contributed by atoms with Crippen LogP contribution >= 0.6 is 11.3 Å². The number of hydrogen-bond acceptors (Lipinski definition) is 8. The molecular formula is C12H12N4O4S2. The lowest BCUT2D eigenvalue weighted by Gasteiger charge is -2.01. The summed E-state index contributed by atoms with van der Waals surface area (Å²) in [6.45, 7) is 1.83. The van der Waals surface area contributed by atoms with Crippen molar-refractivity contribution in [1.82, 2.24) is 4.98 Å². The molecule has 0 radical (unpaired) electrons. The van der Waals surface area contributed by atoms with E-state index in [4.69, 9.17) is 0 Å². The molecule has 1 aromatic heterocycles. The number of anilines is 1. The van der Waals surface area contributed by atoms with Crippen LogP contribution in [0.25, 0.3) is 0 Å². The minimum atomic E-state index is -3.51. The molecule has 8 nitrogen and oxygen atoms in total. The largest absolute Gasteiger partial charge is 0.279 e. The summed E-state index contributed by atoms with van der Waals surface area (Å²) in [7, 11) is -3.51. The van der Waals surface area contributed by atoms with Gasteiger partial charge in [0.25, 0.3) is 5.69 Å². The topological polar surface area (TPSA) is 115 Å². The number of hydrogen-bond donors (Lipinski definition) is 1. The predicted molar refractivity (Wildman–Crippen MR) is 84.3 cm³/mol. The molecule has 0 fully saturated rings. The first-order valence-corrected chi connectivity index (χ1v) is 8.74. The molecule has 22 heavy (non-hydrogen) atoms. The Morgan fingerprint density at radius 1 is 1.45 bits per heavy atom. The maximum atomic E-state index is 11.4. The summed E-state index contributed by atoms with van der Waals surface area (Å²) in [6.07, 6.45) is 2.24. The monoisotopic (exact) mass is 340 g/mol. The van der Waals surface area contributed by atoms with Crippen molar-refractivity contribution in [3.05, 3.63) is 45.0 Å². The summed E-state index contributed by atoms with van der Waals surface area (Å²) in [5.74, 6) is 0. The first-order valence-electron chi connectivity index (χ1n) is 5.97. The number of sulfone groups is 1. The number of aryl methyl sites for hydroxylation is 1. The molecule has 0 saturated heterocycles. The second-order valence-corrected chi connectivity index (χ2v) is 7.29. The van der Waals surface area contributed by atoms with Crippen LogP contribution in [0.5, 0.6) is 0 Å². The zero-order valence-corrected chi connectivity index (χ0v) is 13.3. The summed E-state index contributed by atoms with van der Waals surface area (Å²) in [5, 5.41) is 17.3. The van der Waals surface area contributed by atoms with Crippen LogP contribution in [0, 0.1) is 17.0 Å². The molecule has 0 aliphatic heterocycles.